The number of aryl methyl sites for hydroxylation is 3. The third kappa shape index (κ3) is 5.60. The third-order valence-electron chi connectivity index (χ3n) is 3.90. The number of sulfonamides is 1. The summed E-state index contributed by atoms with van der Waals surface area (Å²) in [5, 5.41) is 2.93. The van der Waals surface area contributed by atoms with Crippen molar-refractivity contribution < 1.29 is 21.6 Å². The molecule has 1 atom stereocenters. The topological polar surface area (TPSA) is 58.2 Å². The van der Waals surface area contributed by atoms with Crippen molar-refractivity contribution in [2.24, 2.45) is 0 Å². The van der Waals surface area contributed by atoms with E-state index in [9.17, 15) is 21.6 Å². The van der Waals surface area contributed by atoms with Crippen molar-refractivity contribution in [3.63, 3.8) is 0 Å². The molecule has 2 rings (SSSR count). The molecule has 0 saturated heterocycles. The first-order valence-corrected chi connectivity index (χ1v) is 9.92. The molecular weight excluding hydrogens is 401 g/mol. The fourth-order valence-electron chi connectivity index (χ4n) is 2.88. The van der Waals surface area contributed by atoms with Crippen LogP contribution in [0.3, 0.4) is 0 Å². The highest BCUT2D eigenvalue weighted by molar-refractivity contribution is 7.89. The maximum atomic E-state index is 13.4. The highest BCUT2D eigenvalue weighted by Gasteiger charge is 2.42. The molecular formula is C18H20ClF3N2O2S. The number of halogens is 4. The number of alkyl halides is 3. The molecule has 0 aliphatic carbocycles. The van der Waals surface area contributed by atoms with Gasteiger partial charge in [-0.15, -0.1) is 0 Å². The molecule has 0 amide bonds. The van der Waals surface area contributed by atoms with Crippen molar-refractivity contribution in [1.29, 1.82) is 0 Å². The first-order chi connectivity index (χ1) is 12.4. The van der Waals surface area contributed by atoms with Crippen LogP contribution in [0.25, 0.3) is 0 Å². The van der Waals surface area contributed by atoms with E-state index in [1.807, 2.05) is 0 Å². The van der Waals surface area contributed by atoms with Gasteiger partial charge in [-0.3, -0.25) is 0 Å². The minimum absolute atomic E-state index is 0.134. The Balaban J connectivity index is 2.28. The number of nitrogens with one attached hydrogen (secondary N) is 2. The van der Waals surface area contributed by atoms with E-state index in [0.29, 0.717) is 21.8 Å². The van der Waals surface area contributed by atoms with Crippen LogP contribution in [0.15, 0.2) is 41.3 Å². The highest BCUT2D eigenvalue weighted by Crippen LogP contribution is 2.26. The molecule has 0 saturated carbocycles. The largest absolute Gasteiger partial charge is 0.406 e. The Bertz CT molecular complexity index is 907. The van der Waals surface area contributed by atoms with Gasteiger partial charge < -0.3 is 5.32 Å². The number of hydrogen-bond acceptors (Lipinski definition) is 3. The van der Waals surface area contributed by atoms with Gasteiger partial charge in [0.2, 0.25) is 10.0 Å². The summed E-state index contributed by atoms with van der Waals surface area (Å²) >= 11 is 5.81. The van der Waals surface area contributed by atoms with Gasteiger partial charge in [-0.05, 0) is 50.1 Å². The van der Waals surface area contributed by atoms with Crippen molar-refractivity contribution in [3.8, 4) is 0 Å². The van der Waals surface area contributed by atoms with Crippen molar-refractivity contribution >= 4 is 27.3 Å². The Morgan fingerprint density at radius 1 is 1.07 bits per heavy atom. The number of anilines is 1. The van der Waals surface area contributed by atoms with Gasteiger partial charge in [0.25, 0.3) is 0 Å². The van der Waals surface area contributed by atoms with Crippen LogP contribution in [0.2, 0.25) is 5.02 Å². The molecule has 0 fully saturated rings. The van der Waals surface area contributed by atoms with Crippen LogP contribution in [-0.2, 0) is 10.0 Å². The van der Waals surface area contributed by atoms with Crippen LogP contribution in [0.1, 0.15) is 16.7 Å². The maximum Gasteiger partial charge on any atom is 0.406 e. The fourth-order valence-corrected chi connectivity index (χ4v) is 4.74. The van der Waals surface area contributed by atoms with Gasteiger partial charge in [0, 0.05) is 17.3 Å². The smallest absolute Gasteiger partial charge is 0.383 e. The molecule has 4 nitrogen and oxygen atoms in total. The summed E-state index contributed by atoms with van der Waals surface area (Å²) in [5.41, 5.74) is 1.98. The summed E-state index contributed by atoms with van der Waals surface area (Å²) in [4.78, 5) is -0.134. The molecule has 0 aliphatic rings. The van der Waals surface area contributed by atoms with Gasteiger partial charge in [-0.2, -0.15) is 17.9 Å². The minimum Gasteiger partial charge on any atom is -0.383 e. The van der Waals surface area contributed by atoms with Crippen LogP contribution < -0.4 is 10.0 Å². The van der Waals surface area contributed by atoms with Crippen LogP contribution in [-0.4, -0.2) is 27.2 Å². The lowest BCUT2D eigenvalue weighted by Crippen LogP contribution is -2.49. The lowest BCUT2D eigenvalue weighted by Gasteiger charge is -2.23. The average Bonchev–Trinajstić information content (AvgIpc) is 2.49. The van der Waals surface area contributed by atoms with E-state index in [1.165, 1.54) is 6.07 Å². The summed E-state index contributed by atoms with van der Waals surface area (Å²) < 4.78 is 67.3. The molecule has 148 valence electrons. The molecule has 0 aliphatic heterocycles. The molecule has 2 aromatic rings. The Labute approximate surface area is 161 Å². The van der Waals surface area contributed by atoms with E-state index in [0.717, 1.165) is 5.56 Å². The first kappa shape index (κ1) is 21.5. The zero-order valence-corrected chi connectivity index (χ0v) is 16.6. The Kier molecular flexibility index (Phi) is 6.44. The van der Waals surface area contributed by atoms with E-state index in [-0.39, 0.29) is 4.90 Å². The van der Waals surface area contributed by atoms with Gasteiger partial charge in [0.15, 0.2) is 0 Å². The number of benzene rings is 2. The molecule has 0 bridgehead atoms. The molecule has 2 aromatic carbocycles. The number of hydrogen-bond donors (Lipinski definition) is 2. The highest BCUT2D eigenvalue weighted by atomic mass is 35.5. The summed E-state index contributed by atoms with van der Waals surface area (Å²) in [6.45, 7) is 4.23. The van der Waals surface area contributed by atoms with Crippen molar-refractivity contribution in [2.75, 3.05) is 11.9 Å². The quantitative estimate of drug-likeness (QED) is 0.718. The second kappa shape index (κ2) is 8.08. The maximum absolute atomic E-state index is 13.4. The lowest BCUT2D eigenvalue weighted by molar-refractivity contribution is -0.148. The summed E-state index contributed by atoms with van der Waals surface area (Å²) in [7, 11) is -4.37. The Morgan fingerprint density at radius 3 is 2.19 bits per heavy atom. The zero-order chi connectivity index (χ0) is 20.4. The second-order valence-corrected chi connectivity index (χ2v) is 8.42. The van der Waals surface area contributed by atoms with Crippen LogP contribution in [0, 0.1) is 20.8 Å². The van der Waals surface area contributed by atoms with E-state index in [1.54, 1.807) is 55.8 Å². The average molecular weight is 421 g/mol. The fraction of sp³-hybridized carbons (Fsp3) is 0.333. The first-order valence-electron chi connectivity index (χ1n) is 8.06. The normalized spacial score (nSPS) is 13.4. The molecule has 27 heavy (non-hydrogen) atoms. The zero-order valence-electron chi connectivity index (χ0n) is 15.0. The van der Waals surface area contributed by atoms with Crippen molar-refractivity contribution in [3.05, 3.63) is 58.1 Å². The Morgan fingerprint density at radius 2 is 1.67 bits per heavy atom. The van der Waals surface area contributed by atoms with Crippen molar-refractivity contribution in [2.45, 2.75) is 37.9 Å². The van der Waals surface area contributed by atoms with E-state index in [2.05, 4.69) is 5.32 Å². The third-order valence-corrected chi connectivity index (χ3v) is 5.91. The van der Waals surface area contributed by atoms with Gasteiger partial charge in [-0.25, -0.2) is 8.42 Å². The van der Waals surface area contributed by atoms with Gasteiger partial charge in [-0.1, -0.05) is 35.4 Å². The van der Waals surface area contributed by atoms with Gasteiger partial charge >= 0.3 is 6.18 Å². The minimum atomic E-state index is -4.77. The molecule has 0 radical (unpaired) electrons. The molecule has 0 aromatic heterocycles. The summed E-state index contributed by atoms with van der Waals surface area (Å²) in [6.07, 6.45) is -4.77. The van der Waals surface area contributed by atoms with Crippen LogP contribution >= 0.6 is 11.6 Å². The SMILES string of the molecule is Cc1cc(C)c(S(=O)(=O)NC(CNc2cccc(Cl)c2)C(F)(F)F)c(C)c1. The Hall–Kier alpha value is -1.77. The predicted octanol–water partition coefficient (Wildman–Crippen LogP) is 4.59. The van der Waals surface area contributed by atoms with E-state index >= 15 is 0 Å². The van der Waals surface area contributed by atoms with E-state index in [4.69, 9.17) is 11.6 Å². The summed E-state index contributed by atoms with van der Waals surface area (Å²) in [5.74, 6) is 0. The monoisotopic (exact) mass is 420 g/mol. The number of rotatable bonds is 6. The van der Waals surface area contributed by atoms with Gasteiger partial charge in [0.05, 0.1) is 4.90 Å². The summed E-state index contributed by atoms with van der Waals surface area (Å²) in [6, 6.07) is 7.10. The molecule has 0 spiro atoms. The molecule has 2 N–H and O–H groups in total. The van der Waals surface area contributed by atoms with Crippen LogP contribution in [0.4, 0.5) is 18.9 Å². The second-order valence-electron chi connectivity index (χ2n) is 6.33. The van der Waals surface area contributed by atoms with E-state index < -0.39 is 28.8 Å². The molecule has 0 heterocycles. The van der Waals surface area contributed by atoms with Crippen molar-refractivity contribution in [1.82, 2.24) is 4.72 Å². The predicted molar refractivity (Wildman–Crippen MR) is 101 cm³/mol. The van der Waals surface area contributed by atoms with Crippen LogP contribution in [0.5, 0.6) is 0 Å². The van der Waals surface area contributed by atoms with Gasteiger partial charge in [0.1, 0.15) is 6.04 Å². The standard InChI is InChI=1S/C18H20ClF3N2O2S/c1-11-7-12(2)17(13(3)8-11)27(25,26)24-16(18(20,21)22)10-23-15-6-4-5-14(19)9-15/h4-9,16,23-24H,10H2,1-3H3. The lowest BCUT2D eigenvalue weighted by atomic mass is 10.1. The molecule has 9 heteroatoms. The molecule has 1 unspecified atom stereocenters.